The first-order valence-electron chi connectivity index (χ1n) is 12.0. The molecule has 4 heterocycles. The van der Waals surface area contributed by atoms with Gasteiger partial charge < -0.3 is 9.72 Å². The summed E-state index contributed by atoms with van der Waals surface area (Å²) in [6.07, 6.45) is 6.93. The molecular formula is C27H35N3O. The summed E-state index contributed by atoms with van der Waals surface area (Å²) in [5, 5.41) is 1.39. The van der Waals surface area contributed by atoms with E-state index >= 15 is 0 Å². The number of fused-ring (bicyclic) bond motifs is 1. The lowest BCUT2D eigenvalue weighted by Gasteiger charge is -2.39. The molecule has 164 valence electrons. The van der Waals surface area contributed by atoms with Crippen molar-refractivity contribution in [2.45, 2.75) is 64.3 Å². The summed E-state index contributed by atoms with van der Waals surface area (Å²) in [5.74, 6) is 1.12. The molecule has 2 aromatic heterocycles. The van der Waals surface area contributed by atoms with Crippen molar-refractivity contribution in [1.82, 2.24) is 14.9 Å². The molecule has 2 fully saturated rings. The van der Waals surface area contributed by atoms with Crippen molar-refractivity contribution in [3.63, 3.8) is 0 Å². The molecule has 1 aromatic carbocycles. The van der Waals surface area contributed by atoms with E-state index in [9.17, 15) is 0 Å². The first-order chi connectivity index (χ1) is 15.1. The zero-order chi connectivity index (χ0) is 21.4. The maximum atomic E-state index is 5.73. The van der Waals surface area contributed by atoms with Gasteiger partial charge >= 0.3 is 0 Å². The first kappa shape index (κ1) is 20.7. The molecule has 2 saturated heterocycles. The molecule has 3 aromatic rings. The Labute approximate surface area is 186 Å². The van der Waals surface area contributed by atoms with Crippen LogP contribution in [0.1, 0.15) is 68.2 Å². The molecule has 31 heavy (non-hydrogen) atoms. The Morgan fingerprint density at radius 2 is 1.94 bits per heavy atom. The van der Waals surface area contributed by atoms with Gasteiger partial charge in [0.1, 0.15) is 0 Å². The van der Waals surface area contributed by atoms with Crippen LogP contribution in [0.15, 0.2) is 36.5 Å². The van der Waals surface area contributed by atoms with E-state index in [1.54, 1.807) is 0 Å². The van der Waals surface area contributed by atoms with Gasteiger partial charge in [-0.05, 0) is 92.9 Å². The molecule has 4 nitrogen and oxygen atoms in total. The highest BCUT2D eigenvalue weighted by Gasteiger charge is 2.28. The Morgan fingerprint density at radius 3 is 2.65 bits per heavy atom. The SMILES string of the molecule is Cc1cc(-c2[nH]c3ccc(C4CCN(C5CCCOC5)CC4)cc3c2C(C)C)ccn1. The van der Waals surface area contributed by atoms with Crippen LogP contribution in [0, 0.1) is 6.92 Å². The summed E-state index contributed by atoms with van der Waals surface area (Å²) in [6, 6.07) is 12.1. The zero-order valence-electron chi connectivity index (χ0n) is 19.2. The van der Waals surface area contributed by atoms with Crippen LogP contribution in [-0.4, -0.2) is 47.2 Å². The normalized spacial score (nSPS) is 21.2. The highest BCUT2D eigenvalue weighted by atomic mass is 16.5. The minimum atomic E-state index is 0.459. The van der Waals surface area contributed by atoms with Gasteiger partial charge in [-0.2, -0.15) is 0 Å². The van der Waals surface area contributed by atoms with Gasteiger partial charge in [0.15, 0.2) is 0 Å². The highest BCUT2D eigenvalue weighted by Crippen LogP contribution is 2.38. The smallest absolute Gasteiger partial charge is 0.0621 e. The van der Waals surface area contributed by atoms with Gasteiger partial charge in [0.05, 0.1) is 12.3 Å². The van der Waals surface area contributed by atoms with E-state index in [1.165, 1.54) is 72.1 Å². The van der Waals surface area contributed by atoms with Crippen LogP contribution in [-0.2, 0) is 4.74 Å². The summed E-state index contributed by atoms with van der Waals surface area (Å²) < 4.78 is 5.73. The Balaban J connectivity index is 1.41. The Kier molecular flexibility index (Phi) is 5.85. The number of rotatable bonds is 4. The quantitative estimate of drug-likeness (QED) is 0.564. The number of ether oxygens (including phenoxy) is 1. The second kappa shape index (κ2) is 8.76. The predicted octanol–water partition coefficient (Wildman–Crippen LogP) is 6.02. The van der Waals surface area contributed by atoms with Gasteiger partial charge in [0.25, 0.3) is 0 Å². The number of H-pyrrole nitrogens is 1. The standard InChI is InChI=1S/C27H35N3O/c1-18(2)26-24-16-21(20-9-12-30(13-10-20)23-5-4-14-31-17-23)6-7-25(24)29-27(26)22-8-11-28-19(3)15-22/h6-8,11,15-16,18,20,23,29H,4-5,9-10,12-14,17H2,1-3H3. The third kappa shape index (κ3) is 4.16. The van der Waals surface area contributed by atoms with E-state index in [-0.39, 0.29) is 0 Å². The molecule has 0 saturated carbocycles. The van der Waals surface area contributed by atoms with Gasteiger partial charge in [0.2, 0.25) is 0 Å². The molecule has 0 amide bonds. The van der Waals surface area contributed by atoms with Crippen molar-refractivity contribution in [1.29, 1.82) is 0 Å². The second-order valence-corrected chi connectivity index (χ2v) is 9.74. The number of aryl methyl sites for hydroxylation is 1. The van der Waals surface area contributed by atoms with Crippen molar-refractivity contribution in [3.8, 4) is 11.3 Å². The van der Waals surface area contributed by atoms with Crippen LogP contribution in [0.5, 0.6) is 0 Å². The number of benzene rings is 1. The molecule has 1 atom stereocenters. The molecular weight excluding hydrogens is 382 g/mol. The number of hydrogen-bond donors (Lipinski definition) is 1. The molecule has 2 aliphatic rings. The minimum Gasteiger partial charge on any atom is -0.380 e. The lowest BCUT2D eigenvalue weighted by Crippen LogP contribution is -2.45. The van der Waals surface area contributed by atoms with Gasteiger partial charge in [-0.3, -0.25) is 9.88 Å². The van der Waals surface area contributed by atoms with E-state index < -0.39 is 0 Å². The zero-order valence-corrected chi connectivity index (χ0v) is 19.2. The van der Waals surface area contributed by atoms with Crippen molar-refractivity contribution < 1.29 is 4.74 Å². The molecule has 1 N–H and O–H groups in total. The van der Waals surface area contributed by atoms with Crippen LogP contribution in [0.2, 0.25) is 0 Å². The number of nitrogens with one attached hydrogen (secondary N) is 1. The molecule has 5 rings (SSSR count). The van der Waals surface area contributed by atoms with Gasteiger partial charge in [-0.15, -0.1) is 0 Å². The summed E-state index contributed by atoms with van der Waals surface area (Å²) >= 11 is 0. The number of likely N-dealkylation sites (tertiary alicyclic amines) is 1. The number of aromatic nitrogens is 2. The average molecular weight is 418 g/mol. The van der Waals surface area contributed by atoms with Crippen LogP contribution >= 0.6 is 0 Å². The third-order valence-electron chi connectivity index (χ3n) is 7.28. The fourth-order valence-corrected chi connectivity index (χ4v) is 5.62. The second-order valence-electron chi connectivity index (χ2n) is 9.74. The van der Waals surface area contributed by atoms with Crippen LogP contribution < -0.4 is 0 Å². The fraction of sp³-hybridized carbons (Fsp3) is 0.519. The largest absolute Gasteiger partial charge is 0.380 e. The maximum absolute atomic E-state index is 5.73. The highest BCUT2D eigenvalue weighted by molar-refractivity contribution is 5.92. The number of piperidine rings is 1. The van der Waals surface area contributed by atoms with Crippen LogP contribution in [0.4, 0.5) is 0 Å². The Morgan fingerprint density at radius 1 is 1.10 bits per heavy atom. The summed E-state index contributed by atoms with van der Waals surface area (Å²) in [4.78, 5) is 10.8. The van der Waals surface area contributed by atoms with Crippen LogP contribution in [0.3, 0.4) is 0 Å². The summed E-state index contributed by atoms with van der Waals surface area (Å²) in [7, 11) is 0. The van der Waals surface area contributed by atoms with Gasteiger partial charge in [-0.25, -0.2) is 0 Å². The average Bonchev–Trinajstić information content (AvgIpc) is 3.19. The van der Waals surface area contributed by atoms with E-state index in [0.717, 1.165) is 18.9 Å². The lowest BCUT2D eigenvalue weighted by molar-refractivity contribution is 0.00886. The summed E-state index contributed by atoms with van der Waals surface area (Å²) in [6.45, 7) is 10.9. The maximum Gasteiger partial charge on any atom is 0.0621 e. The number of hydrogen-bond acceptors (Lipinski definition) is 3. The lowest BCUT2D eigenvalue weighted by atomic mass is 9.87. The van der Waals surface area contributed by atoms with Gasteiger partial charge in [-0.1, -0.05) is 19.9 Å². The summed E-state index contributed by atoms with van der Waals surface area (Å²) in [5.41, 5.74) is 7.72. The van der Waals surface area contributed by atoms with E-state index in [4.69, 9.17) is 4.74 Å². The Hall–Kier alpha value is -2.17. The van der Waals surface area contributed by atoms with Crippen molar-refractivity contribution >= 4 is 10.9 Å². The van der Waals surface area contributed by atoms with E-state index in [2.05, 4.69) is 66.0 Å². The van der Waals surface area contributed by atoms with Crippen molar-refractivity contribution in [2.75, 3.05) is 26.3 Å². The van der Waals surface area contributed by atoms with E-state index in [0.29, 0.717) is 17.9 Å². The van der Waals surface area contributed by atoms with Crippen molar-refractivity contribution in [3.05, 3.63) is 53.3 Å². The van der Waals surface area contributed by atoms with Gasteiger partial charge in [0, 0.05) is 41.0 Å². The molecule has 1 unspecified atom stereocenters. The molecule has 0 bridgehead atoms. The molecule has 0 aliphatic carbocycles. The van der Waals surface area contributed by atoms with E-state index in [1.807, 2.05) is 6.20 Å². The molecule has 0 radical (unpaired) electrons. The van der Waals surface area contributed by atoms with Crippen LogP contribution in [0.25, 0.3) is 22.2 Å². The fourth-order valence-electron chi connectivity index (χ4n) is 5.62. The Bertz CT molecular complexity index is 1040. The third-order valence-corrected chi connectivity index (χ3v) is 7.28. The monoisotopic (exact) mass is 417 g/mol. The van der Waals surface area contributed by atoms with Crippen molar-refractivity contribution in [2.24, 2.45) is 0 Å². The minimum absolute atomic E-state index is 0.459. The first-order valence-corrected chi connectivity index (χ1v) is 12.0. The molecule has 2 aliphatic heterocycles. The number of aromatic amines is 1. The molecule has 0 spiro atoms. The predicted molar refractivity (Wildman–Crippen MR) is 128 cm³/mol. The topological polar surface area (TPSA) is 41.2 Å². The number of pyridine rings is 1. The molecule has 4 heteroatoms. The number of nitrogens with zero attached hydrogens (tertiary/aromatic N) is 2.